The maximum absolute atomic E-state index is 9.98. The van der Waals surface area contributed by atoms with Crippen molar-refractivity contribution in [2.45, 2.75) is 45.8 Å². The predicted molar refractivity (Wildman–Crippen MR) is 51.2 cm³/mol. The fourth-order valence-electron chi connectivity index (χ4n) is 3.51. The first-order chi connectivity index (χ1) is 6.33. The van der Waals surface area contributed by atoms with Crippen LogP contribution in [0.2, 0.25) is 0 Å². The highest BCUT2D eigenvalue weighted by Gasteiger charge is 2.74. The lowest BCUT2D eigenvalue weighted by molar-refractivity contribution is -0.0594. The summed E-state index contributed by atoms with van der Waals surface area (Å²) in [6.45, 7) is 5.96. The Morgan fingerprint density at radius 3 is 2.00 bits per heavy atom. The largest absolute Gasteiger partial charge is 0.390 e. The molecule has 14 heavy (non-hydrogen) atoms. The van der Waals surface area contributed by atoms with Gasteiger partial charge >= 0.3 is 0 Å². The number of hydrogen-bond donors (Lipinski definition) is 2. The van der Waals surface area contributed by atoms with Crippen LogP contribution in [0, 0.1) is 27.6 Å². The van der Waals surface area contributed by atoms with E-state index in [1.54, 1.807) is 0 Å². The van der Waals surface area contributed by atoms with Gasteiger partial charge in [-0.25, -0.2) is 0 Å². The molecule has 0 amide bonds. The normalized spacial score (nSPS) is 54.6. The van der Waals surface area contributed by atoms with Crippen LogP contribution >= 0.6 is 0 Å². The molecule has 3 nitrogen and oxygen atoms in total. The van der Waals surface area contributed by atoms with Gasteiger partial charge in [0.15, 0.2) is 0 Å². The summed E-state index contributed by atoms with van der Waals surface area (Å²) >= 11 is 0. The van der Waals surface area contributed by atoms with E-state index in [9.17, 15) is 15.5 Å². The SMILES string of the molecule is CC1(C)[C@@]2(C#N)CC[C@]1(C)[C@H](O)[C@@H]2O. The van der Waals surface area contributed by atoms with E-state index in [4.69, 9.17) is 0 Å². The molecular formula is C11H17NO2. The summed E-state index contributed by atoms with van der Waals surface area (Å²) in [5.41, 5.74) is -1.38. The van der Waals surface area contributed by atoms with Gasteiger partial charge < -0.3 is 10.2 Å². The number of aliphatic hydroxyl groups excluding tert-OH is 2. The van der Waals surface area contributed by atoms with Gasteiger partial charge in [-0.3, -0.25) is 0 Å². The molecule has 2 bridgehead atoms. The first-order valence-corrected chi connectivity index (χ1v) is 5.11. The third-order valence-corrected chi connectivity index (χ3v) is 5.24. The molecule has 3 heteroatoms. The van der Waals surface area contributed by atoms with Gasteiger partial charge in [-0.05, 0) is 18.3 Å². The van der Waals surface area contributed by atoms with Crippen LogP contribution in [0.1, 0.15) is 33.6 Å². The Labute approximate surface area is 84.4 Å². The third kappa shape index (κ3) is 0.656. The summed E-state index contributed by atoms with van der Waals surface area (Å²) in [5.74, 6) is 0. The minimum absolute atomic E-state index is 0.312. The van der Waals surface area contributed by atoms with E-state index < -0.39 is 17.6 Å². The zero-order valence-electron chi connectivity index (χ0n) is 8.91. The molecular weight excluding hydrogens is 178 g/mol. The molecule has 2 saturated carbocycles. The molecule has 0 aromatic heterocycles. The van der Waals surface area contributed by atoms with Crippen LogP contribution in [0.4, 0.5) is 0 Å². The molecule has 78 valence electrons. The first-order valence-electron chi connectivity index (χ1n) is 5.11. The Morgan fingerprint density at radius 1 is 1.14 bits per heavy atom. The van der Waals surface area contributed by atoms with Crippen molar-refractivity contribution in [1.29, 1.82) is 5.26 Å². The number of nitrogens with zero attached hydrogens (tertiary/aromatic N) is 1. The average molecular weight is 195 g/mol. The molecule has 0 unspecified atom stereocenters. The highest BCUT2D eigenvalue weighted by molar-refractivity contribution is 5.29. The lowest BCUT2D eigenvalue weighted by atomic mass is 9.65. The molecule has 0 saturated heterocycles. The number of rotatable bonds is 0. The van der Waals surface area contributed by atoms with Crippen molar-refractivity contribution in [1.82, 2.24) is 0 Å². The molecule has 0 spiro atoms. The second-order valence-electron chi connectivity index (χ2n) is 5.52. The van der Waals surface area contributed by atoms with Crippen LogP contribution < -0.4 is 0 Å². The maximum atomic E-state index is 9.98. The number of fused-ring (bicyclic) bond motifs is 2. The van der Waals surface area contributed by atoms with Gasteiger partial charge in [-0.2, -0.15) is 5.26 Å². The lowest BCUT2D eigenvalue weighted by Crippen LogP contribution is -2.41. The van der Waals surface area contributed by atoms with Crippen LogP contribution in [-0.2, 0) is 0 Å². The van der Waals surface area contributed by atoms with E-state index in [-0.39, 0.29) is 10.8 Å². The van der Waals surface area contributed by atoms with E-state index >= 15 is 0 Å². The zero-order chi connectivity index (χ0) is 10.8. The van der Waals surface area contributed by atoms with E-state index in [1.165, 1.54) is 0 Å². The van der Waals surface area contributed by atoms with Crippen LogP contribution in [-0.4, -0.2) is 22.4 Å². The summed E-state index contributed by atoms with van der Waals surface area (Å²) in [6, 6.07) is 2.25. The first kappa shape index (κ1) is 9.95. The predicted octanol–water partition coefficient (Wildman–Crippen LogP) is 1.06. The van der Waals surface area contributed by atoms with Crippen molar-refractivity contribution < 1.29 is 10.2 Å². The molecule has 2 fully saturated rings. The van der Waals surface area contributed by atoms with Crippen LogP contribution in [0.3, 0.4) is 0 Å². The molecule has 2 N–H and O–H groups in total. The molecule has 2 aliphatic rings. The van der Waals surface area contributed by atoms with Gasteiger partial charge in [0.25, 0.3) is 0 Å². The van der Waals surface area contributed by atoms with Crippen molar-refractivity contribution >= 4 is 0 Å². The monoisotopic (exact) mass is 195 g/mol. The number of nitriles is 1. The van der Waals surface area contributed by atoms with Crippen molar-refractivity contribution in [3.63, 3.8) is 0 Å². The second kappa shape index (κ2) is 2.32. The van der Waals surface area contributed by atoms with Gasteiger partial charge in [0.05, 0.1) is 23.7 Å². The molecule has 0 aliphatic heterocycles. The Balaban J connectivity index is 2.61. The molecule has 0 radical (unpaired) electrons. The van der Waals surface area contributed by atoms with Gasteiger partial charge in [-0.1, -0.05) is 20.8 Å². The van der Waals surface area contributed by atoms with Crippen molar-refractivity contribution in [3.05, 3.63) is 0 Å². The summed E-state index contributed by atoms with van der Waals surface area (Å²) in [4.78, 5) is 0. The van der Waals surface area contributed by atoms with Crippen molar-refractivity contribution in [3.8, 4) is 6.07 Å². The lowest BCUT2D eigenvalue weighted by Gasteiger charge is -2.37. The quantitative estimate of drug-likeness (QED) is 0.607. The second-order valence-corrected chi connectivity index (χ2v) is 5.52. The van der Waals surface area contributed by atoms with E-state index in [0.29, 0.717) is 6.42 Å². The fraction of sp³-hybridized carbons (Fsp3) is 0.909. The van der Waals surface area contributed by atoms with Crippen molar-refractivity contribution in [2.24, 2.45) is 16.2 Å². The molecule has 4 atom stereocenters. The summed E-state index contributed by atoms with van der Waals surface area (Å²) in [6.07, 6.45) is -0.121. The van der Waals surface area contributed by atoms with E-state index in [2.05, 4.69) is 6.07 Å². The minimum Gasteiger partial charge on any atom is -0.390 e. The zero-order valence-corrected chi connectivity index (χ0v) is 8.91. The van der Waals surface area contributed by atoms with Gasteiger partial charge in [-0.15, -0.1) is 0 Å². The molecule has 2 aliphatic carbocycles. The smallest absolute Gasteiger partial charge is 0.0995 e. The standard InChI is InChI=1S/C11H17NO2/c1-9(2)10(3)4-5-11(9,6-12)8(14)7(10)13/h7-8,13-14H,4-5H2,1-3H3/t7-,8+,10-,11-/m1/s1. The Morgan fingerprint density at radius 2 is 1.71 bits per heavy atom. The number of hydrogen-bond acceptors (Lipinski definition) is 3. The Kier molecular flexibility index (Phi) is 1.65. The average Bonchev–Trinajstić information content (AvgIpc) is 2.39. The third-order valence-electron chi connectivity index (χ3n) is 5.24. The van der Waals surface area contributed by atoms with Gasteiger partial charge in [0.2, 0.25) is 0 Å². The minimum atomic E-state index is -0.888. The van der Waals surface area contributed by atoms with E-state index in [1.807, 2.05) is 20.8 Å². The highest BCUT2D eigenvalue weighted by atomic mass is 16.3. The van der Waals surface area contributed by atoms with Crippen LogP contribution in [0.25, 0.3) is 0 Å². The Hall–Kier alpha value is -0.590. The maximum Gasteiger partial charge on any atom is 0.0995 e. The topological polar surface area (TPSA) is 64.2 Å². The summed E-state index contributed by atoms with van der Waals surface area (Å²) < 4.78 is 0. The van der Waals surface area contributed by atoms with Gasteiger partial charge in [0, 0.05) is 5.41 Å². The summed E-state index contributed by atoms with van der Waals surface area (Å²) in [7, 11) is 0. The highest BCUT2D eigenvalue weighted by Crippen LogP contribution is 2.71. The Bertz CT molecular complexity index is 320. The van der Waals surface area contributed by atoms with Crippen LogP contribution in [0.15, 0.2) is 0 Å². The number of aliphatic hydroxyl groups is 2. The van der Waals surface area contributed by atoms with E-state index in [0.717, 1.165) is 6.42 Å². The van der Waals surface area contributed by atoms with Crippen LogP contribution in [0.5, 0.6) is 0 Å². The van der Waals surface area contributed by atoms with Crippen molar-refractivity contribution in [2.75, 3.05) is 0 Å². The molecule has 0 heterocycles. The van der Waals surface area contributed by atoms with Gasteiger partial charge in [0.1, 0.15) is 0 Å². The summed E-state index contributed by atoms with van der Waals surface area (Å²) in [5, 5.41) is 29.2. The molecule has 0 aromatic carbocycles. The molecule has 0 aromatic rings. The fourth-order valence-corrected chi connectivity index (χ4v) is 3.51. The molecule has 2 rings (SSSR count).